The van der Waals surface area contributed by atoms with E-state index in [1.165, 1.54) is 4.31 Å². The molecular formula is C14H19N3O3S. The van der Waals surface area contributed by atoms with Crippen LogP contribution in [-0.4, -0.2) is 28.8 Å². The van der Waals surface area contributed by atoms with E-state index < -0.39 is 10.0 Å². The maximum atomic E-state index is 12.8. The fraction of sp³-hybridized carbons (Fsp3) is 0.500. The summed E-state index contributed by atoms with van der Waals surface area (Å²) in [6.07, 6.45) is 3.17. The predicted octanol–water partition coefficient (Wildman–Crippen LogP) is 2.16. The van der Waals surface area contributed by atoms with Gasteiger partial charge in [0.15, 0.2) is 5.03 Å². The van der Waals surface area contributed by atoms with E-state index in [1.807, 2.05) is 19.1 Å². The average Bonchev–Trinajstić information content (AvgIpc) is 3.10. The van der Waals surface area contributed by atoms with Crippen LogP contribution in [-0.2, 0) is 17.1 Å². The Morgan fingerprint density at radius 1 is 1.33 bits per heavy atom. The normalized spacial score (nSPS) is 20.2. The summed E-state index contributed by atoms with van der Waals surface area (Å²) in [5, 5.41) is 0.109. The number of aromatic nitrogens is 2. The summed E-state index contributed by atoms with van der Waals surface area (Å²) in [5.74, 6) is 2.18. The van der Waals surface area contributed by atoms with Gasteiger partial charge in [0, 0.05) is 19.8 Å². The third-order valence-corrected chi connectivity index (χ3v) is 5.73. The van der Waals surface area contributed by atoms with Crippen LogP contribution >= 0.6 is 0 Å². The van der Waals surface area contributed by atoms with Crippen molar-refractivity contribution in [3.8, 4) is 0 Å². The first-order valence-electron chi connectivity index (χ1n) is 6.98. The molecule has 3 heterocycles. The van der Waals surface area contributed by atoms with Gasteiger partial charge in [-0.1, -0.05) is 0 Å². The van der Waals surface area contributed by atoms with Crippen LogP contribution in [0.1, 0.15) is 36.2 Å². The molecule has 7 heteroatoms. The van der Waals surface area contributed by atoms with E-state index in [-0.39, 0.29) is 11.1 Å². The molecule has 1 atom stereocenters. The highest BCUT2D eigenvalue weighted by Crippen LogP contribution is 2.36. The fourth-order valence-corrected chi connectivity index (χ4v) is 4.41. The van der Waals surface area contributed by atoms with E-state index in [4.69, 9.17) is 4.42 Å². The number of imidazole rings is 1. The minimum Gasteiger partial charge on any atom is -0.465 e. The minimum atomic E-state index is -3.59. The summed E-state index contributed by atoms with van der Waals surface area (Å²) in [4.78, 5) is 4.16. The smallest absolute Gasteiger partial charge is 0.262 e. The summed E-state index contributed by atoms with van der Waals surface area (Å²) in [5.41, 5.74) is 0. The molecule has 0 aromatic carbocycles. The molecule has 0 amide bonds. The summed E-state index contributed by atoms with van der Waals surface area (Å²) in [6, 6.07) is 3.49. The van der Waals surface area contributed by atoms with E-state index in [0.29, 0.717) is 18.1 Å². The third-order valence-electron chi connectivity index (χ3n) is 3.95. The van der Waals surface area contributed by atoms with Crippen molar-refractivity contribution in [3.63, 3.8) is 0 Å². The maximum absolute atomic E-state index is 12.8. The number of hydrogen-bond donors (Lipinski definition) is 0. The van der Waals surface area contributed by atoms with E-state index >= 15 is 0 Å². The van der Waals surface area contributed by atoms with Crippen molar-refractivity contribution in [1.29, 1.82) is 0 Å². The third kappa shape index (κ3) is 2.40. The van der Waals surface area contributed by atoms with Crippen LogP contribution in [0.3, 0.4) is 0 Å². The van der Waals surface area contributed by atoms with Gasteiger partial charge in [-0.2, -0.15) is 4.31 Å². The molecule has 1 aliphatic rings. The van der Waals surface area contributed by atoms with Crippen LogP contribution in [0.5, 0.6) is 0 Å². The van der Waals surface area contributed by atoms with E-state index in [9.17, 15) is 8.42 Å². The minimum absolute atomic E-state index is 0.109. The van der Waals surface area contributed by atoms with Gasteiger partial charge in [0.25, 0.3) is 10.0 Å². The van der Waals surface area contributed by atoms with Crippen molar-refractivity contribution < 1.29 is 12.8 Å². The van der Waals surface area contributed by atoms with Gasteiger partial charge < -0.3 is 8.98 Å². The second kappa shape index (κ2) is 4.99. The Balaban J connectivity index is 1.97. The molecule has 6 nitrogen and oxygen atoms in total. The molecule has 2 aromatic heterocycles. The number of sulfonamides is 1. The highest BCUT2D eigenvalue weighted by molar-refractivity contribution is 7.89. The highest BCUT2D eigenvalue weighted by Gasteiger charge is 2.39. The Morgan fingerprint density at radius 3 is 2.67 bits per heavy atom. The lowest BCUT2D eigenvalue weighted by Crippen LogP contribution is -2.30. The molecule has 1 unspecified atom stereocenters. The lowest BCUT2D eigenvalue weighted by Gasteiger charge is -2.21. The Morgan fingerprint density at radius 2 is 2.10 bits per heavy atom. The lowest BCUT2D eigenvalue weighted by molar-refractivity contribution is 0.333. The van der Waals surface area contributed by atoms with Crippen molar-refractivity contribution in [2.45, 2.75) is 37.8 Å². The van der Waals surface area contributed by atoms with Crippen LogP contribution in [0.4, 0.5) is 0 Å². The largest absolute Gasteiger partial charge is 0.465 e. The second-order valence-electron chi connectivity index (χ2n) is 5.46. The number of nitrogens with zero attached hydrogens (tertiary/aromatic N) is 3. The van der Waals surface area contributed by atoms with E-state index in [1.54, 1.807) is 24.7 Å². The van der Waals surface area contributed by atoms with Gasteiger partial charge in [-0.3, -0.25) is 0 Å². The summed E-state index contributed by atoms with van der Waals surface area (Å²) >= 11 is 0. The van der Waals surface area contributed by atoms with Crippen LogP contribution in [0.15, 0.2) is 27.8 Å². The Bertz CT molecular complexity index is 741. The number of aryl methyl sites for hydroxylation is 3. The standard InChI is InChI=1S/C14H19N3O3S/c1-10-6-7-13(20-10)12-5-4-8-17(12)21(18,19)14-9-16(3)11(2)15-14/h6-7,9,12H,4-5,8H2,1-3H3. The number of rotatable bonds is 3. The first-order chi connectivity index (χ1) is 9.89. The van der Waals surface area contributed by atoms with Crippen molar-refractivity contribution in [3.05, 3.63) is 35.7 Å². The van der Waals surface area contributed by atoms with Crippen molar-refractivity contribution in [1.82, 2.24) is 13.9 Å². The first kappa shape index (κ1) is 14.3. The zero-order valence-electron chi connectivity index (χ0n) is 12.4. The Hall–Kier alpha value is -1.60. The average molecular weight is 309 g/mol. The zero-order valence-corrected chi connectivity index (χ0v) is 13.2. The van der Waals surface area contributed by atoms with Gasteiger partial charge in [-0.25, -0.2) is 13.4 Å². The van der Waals surface area contributed by atoms with Crippen molar-refractivity contribution >= 4 is 10.0 Å². The molecule has 2 aromatic rings. The molecule has 1 aliphatic heterocycles. The molecule has 0 aliphatic carbocycles. The molecule has 1 saturated heterocycles. The van der Waals surface area contributed by atoms with Crippen LogP contribution < -0.4 is 0 Å². The quantitative estimate of drug-likeness (QED) is 0.871. The molecule has 0 radical (unpaired) electrons. The fourth-order valence-electron chi connectivity index (χ4n) is 2.72. The molecule has 0 saturated carbocycles. The maximum Gasteiger partial charge on any atom is 0.262 e. The van der Waals surface area contributed by atoms with Crippen LogP contribution in [0.25, 0.3) is 0 Å². The lowest BCUT2D eigenvalue weighted by atomic mass is 10.2. The monoisotopic (exact) mass is 309 g/mol. The SMILES string of the molecule is Cc1ccc(C2CCCN2S(=O)(=O)c2cn(C)c(C)n2)o1. The molecule has 114 valence electrons. The molecule has 0 spiro atoms. The van der Waals surface area contributed by atoms with Crippen LogP contribution in [0.2, 0.25) is 0 Å². The highest BCUT2D eigenvalue weighted by atomic mass is 32.2. The molecule has 1 fully saturated rings. The van der Waals surface area contributed by atoms with Crippen molar-refractivity contribution in [2.75, 3.05) is 6.54 Å². The van der Waals surface area contributed by atoms with Gasteiger partial charge in [-0.05, 0) is 38.8 Å². The summed E-state index contributed by atoms with van der Waals surface area (Å²) in [6.45, 7) is 4.15. The summed E-state index contributed by atoms with van der Waals surface area (Å²) < 4.78 is 34.4. The van der Waals surface area contributed by atoms with Gasteiger partial charge >= 0.3 is 0 Å². The number of furan rings is 1. The Labute approximate surface area is 124 Å². The molecule has 21 heavy (non-hydrogen) atoms. The van der Waals surface area contributed by atoms with E-state index in [0.717, 1.165) is 18.6 Å². The second-order valence-corrected chi connectivity index (χ2v) is 7.30. The predicted molar refractivity (Wildman–Crippen MR) is 77.3 cm³/mol. The topological polar surface area (TPSA) is 68.3 Å². The molecule has 3 rings (SSSR count). The molecule has 0 N–H and O–H groups in total. The van der Waals surface area contributed by atoms with Gasteiger partial charge in [0.2, 0.25) is 0 Å². The van der Waals surface area contributed by atoms with Gasteiger partial charge in [0.05, 0.1) is 6.04 Å². The first-order valence-corrected chi connectivity index (χ1v) is 8.42. The van der Waals surface area contributed by atoms with E-state index in [2.05, 4.69) is 4.98 Å². The molecular weight excluding hydrogens is 290 g/mol. The van der Waals surface area contributed by atoms with Gasteiger partial charge in [-0.15, -0.1) is 0 Å². The molecule has 0 bridgehead atoms. The van der Waals surface area contributed by atoms with Crippen LogP contribution in [0, 0.1) is 13.8 Å². The Kier molecular flexibility index (Phi) is 3.41. The van der Waals surface area contributed by atoms with Crippen molar-refractivity contribution in [2.24, 2.45) is 7.05 Å². The summed E-state index contributed by atoms with van der Waals surface area (Å²) in [7, 11) is -1.80. The van der Waals surface area contributed by atoms with Gasteiger partial charge in [0.1, 0.15) is 17.3 Å². The number of hydrogen-bond acceptors (Lipinski definition) is 4. The zero-order chi connectivity index (χ0) is 15.2.